The number of imidazole rings is 1. The van der Waals surface area contributed by atoms with Crippen molar-refractivity contribution in [3.8, 4) is 22.6 Å². The summed E-state index contributed by atoms with van der Waals surface area (Å²) in [4.78, 5) is 15.7. The van der Waals surface area contributed by atoms with Gasteiger partial charge in [-0.15, -0.1) is 11.8 Å². The second kappa shape index (κ2) is 9.22. The summed E-state index contributed by atoms with van der Waals surface area (Å²) >= 11 is 1.87. The molecule has 0 bridgehead atoms. The maximum Gasteiger partial charge on any atom is 0.223 e. The second-order valence-electron chi connectivity index (χ2n) is 8.96. The van der Waals surface area contributed by atoms with Gasteiger partial charge >= 0.3 is 0 Å². The van der Waals surface area contributed by atoms with Crippen molar-refractivity contribution in [1.29, 1.82) is 0 Å². The Hall–Kier alpha value is -3.19. The van der Waals surface area contributed by atoms with Gasteiger partial charge in [0.2, 0.25) is 5.95 Å². The van der Waals surface area contributed by atoms with Crippen LogP contribution in [0.25, 0.3) is 22.6 Å². The summed E-state index contributed by atoms with van der Waals surface area (Å²) in [6.45, 7) is 0. The van der Waals surface area contributed by atoms with Crippen molar-refractivity contribution in [1.82, 2.24) is 19.5 Å². The van der Waals surface area contributed by atoms with Crippen LogP contribution in [0.5, 0.6) is 0 Å². The summed E-state index contributed by atoms with van der Waals surface area (Å²) in [6.07, 6.45) is 7.37. The molecule has 1 N–H and O–H groups in total. The van der Waals surface area contributed by atoms with E-state index in [1.807, 2.05) is 30.1 Å². The predicted octanol–water partition coefficient (Wildman–Crippen LogP) is 6.39. The first-order valence-corrected chi connectivity index (χ1v) is 12.9. The number of anilines is 1. The molecule has 1 aliphatic carbocycles. The Kier molecular flexibility index (Phi) is 5.79. The summed E-state index contributed by atoms with van der Waals surface area (Å²) in [5.74, 6) is 2.45. The number of benzene rings is 2. The lowest BCUT2D eigenvalue weighted by atomic mass is 9.93. The molecule has 172 valence electrons. The van der Waals surface area contributed by atoms with Crippen molar-refractivity contribution in [2.45, 2.75) is 49.1 Å². The number of rotatable bonds is 7. The van der Waals surface area contributed by atoms with Crippen LogP contribution in [-0.2, 0) is 6.42 Å². The van der Waals surface area contributed by atoms with Crippen LogP contribution in [0.4, 0.5) is 10.3 Å². The second-order valence-corrected chi connectivity index (χ2v) is 10.0. The lowest BCUT2D eigenvalue weighted by molar-refractivity contribution is 0.443. The first-order valence-electron chi connectivity index (χ1n) is 11.9. The zero-order chi connectivity index (χ0) is 22.9. The van der Waals surface area contributed by atoms with E-state index in [9.17, 15) is 4.39 Å². The van der Waals surface area contributed by atoms with Gasteiger partial charge in [-0.2, -0.15) is 0 Å². The van der Waals surface area contributed by atoms with E-state index in [-0.39, 0.29) is 5.82 Å². The molecule has 6 rings (SSSR count). The Bertz CT molecular complexity index is 1280. The molecule has 1 atom stereocenters. The molecule has 4 aromatic rings. The Morgan fingerprint density at radius 1 is 0.971 bits per heavy atom. The molecule has 1 fully saturated rings. The molecule has 7 heteroatoms. The van der Waals surface area contributed by atoms with Crippen LogP contribution < -0.4 is 5.32 Å². The van der Waals surface area contributed by atoms with Crippen LogP contribution in [0.15, 0.2) is 71.8 Å². The number of halogens is 1. The molecule has 0 radical (unpaired) electrons. The number of hydrogen-bond donors (Lipinski definition) is 1. The highest BCUT2D eigenvalue weighted by atomic mass is 32.2. The number of hydrogen-bond acceptors (Lipinski definition) is 5. The van der Waals surface area contributed by atoms with Crippen LogP contribution in [0.1, 0.15) is 37.5 Å². The van der Waals surface area contributed by atoms with Gasteiger partial charge in [-0.25, -0.2) is 19.3 Å². The van der Waals surface area contributed by atoms with E-state index in [0.717, 1.165) is 59.9 Å². The molecule has 5 nitrogen and oxygen atoms in total. The number of thioether (sulfide) groups is 1. The van der Waals surface area contributed by atoms with E-state index in [4.69, 9.17) is 9.97 Å². The smallest absolute Gasteiger partial charge is 0.223 e. The van der Waals surface area contributed by atoms with Gasteiger partial charge in [0.25, 0.3) is 0 Å². The number of nitrogens with zero attached hydrogens (tertiary/aromatic N) is 4. The Morgan fingerprint density at radius 2 is 1.79 bits per heavy atom. The minimum atomic E-state index is -0.247. The quantitative estimate of drug-likeness (QED) is 0.317. The number of fused-ring (bicyclic) bond motifs is 1. The van der Waals surface area contributed by atoms with Crippen molar-refractivity contribution >= 4 is 17.7 Å². The maximum absolute atomic E-state index is 13.7. The Morgan fingerprint density at radius 3 is 2.56 bits per heavy atom. The summed E-state index contributed by atoms with van der Waals surface area (Å²) in [7, 11) is 0. The van der Waals surface area contributed by atoms with Crippen molar-refractivity contribution in [3.05, 3.63) is 78.5 Å². The van der Waals surface area contributed by atoms with Crippen molar-refractivity contribution in [3.63, 3.8) is 0 Å². The third-order valence-corrected chi connectivity index (χ3v) is 7.85. The minimum absolute atomic E-state index is 0.247. The fourth-order valence-corrected chi connectivity index (χ4v) is 5.74. The van der Waals surface area contributed by atoms with Gasteiger partial charge in [0, 0.05) is 40.9 Å². The van der Waals surface area contributed by atoms with Crippen molar-refractivity contribution < 1.29 is 4.39 Å². The van der Waals surface area contributed by atoms with E-state index in [1.165, 1.54) is 23.4 Å². The SMILES string of the molecule is Fc1ccc(-c2nc3n(c2-c2ccnc(NC4CCC4)n2)C(CSc2ccccc2)CC3)cc1. The first kappa shape index (κ1) is 21.4. The van der Waals surface area contributed by atoms with Crippen LogP contribution >= 0.6 is 11.8 Å². The molecule has 0 spiro atoms. The molecule has 0 saturated heterocycles. The van der Waals surface area contributed by atoms with Gasteiger partial charge in [-0.05, 0) is 68.1 Å². The highest BCUT2D eigenvalue weighted by molar-refractivity contribution is 7.99. The zero-order valence-electron chi connectivity index (χ0n) is 18.8. The molecule has 2 aromatic carbocycles. The highest BCUT2D eigenvalue weighted by Crippen LogP contribution is 2.41. The van der Waals surface area contributed by atoms with Crippen molar-refractivity contribution in [2.75, 3.05) is 11.1 Å². The van der Waals surface area contributed by atoms with E-state index in [1.54, 1.807) is 12.1 Å². The van der Waals surface area contributed by atoms with E-state index >= 15 is 0 Å². The van der Waals surface area contributed by atoms with Crippen LogP contribution in [-0.4, -0.2) is 31.3 Å². The van der Waals surface area contributed by atoms with Gasteiger partial charge in [-0.3, -0.25) is 0 Å². The van der Waals surface area contributed by atoms with Crippen molar-refractivity contribution in [2.24, 2.45) is 0 Å². The molecule has 1 saturated carbocycles. The molecule has 2 aromatic heterocycles. The minimum Gasteiger partial charge on any atom is -0.351 e. The third kappa shape index (κ3) is 4.20. The largest absolute Gasteiger partial charge is 0.351 e. The van der Waals surface area contributed by atoms with Crippen LogP contribution in [0.3, 0.4) is 0 Å². The molecular weight excluding hydrogens is 445 g/mol. The standard InChI is InChI=1S/C27H26FN5S/c28-19-11-9-18(10-12-19)25-26(23-15-16-29-27(31-23)30-20-5-4-6-20)33-21(13-14-24(33)32-25)17-34-22-7-2-1-3-8-22/h1-3,7-12,15-16,20-21H,4-6,13-14,17H2,(H,29,30,31). The number of aromatic nitrogens is 4. The third-order valence-electron chi connectivity index (χ3n) is 6.69. The lowest BCUT2D eigenvalue weighted by Gasteiger charge is -2.26. The predicted molar refractivity (Wildman–Crippen MR) is 134 cm³/mol. The molecule has 1 unspecified atom stereocenters. The molecular formula is C27H26FN5S. The van der Waals surface area contributed by atoms with Gasteiger partial charge in [-0.1, -0.05) is 18.2 Å². The monoisotopic (exact) mass is 471 g/mol. The molecule has 1 aliphatic heterocycles. The average molecular weight is 472 g/mol. The average Bonchev–Trinajstić information content (AvgIpc) is 3.41. The van der Waals surface area contributed by atoms with E-state index < -0.39 is 0 Å². The highest BCUT2D eigenvalue weighted by Gasteiger charge is 2.31. The topological polar surface area (TPSA) is 55.6 Å². The lowest BCUT2D eigenvalue weighted by Crippen LogP contribution is -2.28. The number of nitrogens with one attached hydrogen (secondary N) is 1. The normalized spacial score (nSPS) is 17.4. The van der Waals surface area contributed by atoms with Gasteiger partial charge in [0.15, 0.2) is 0 Å². The summed E-state index contributed by atoms with van der Waals surface area (Å²) in [5, 5.41) is 3.47. The summed E-state index contributed by atoms with van der Waals surface area (Å²) < 4.78 is 16.0. The van der Waals surface area contributed by atoms with E-state index in [0.29, 0.717) is 18.0 Å². The first-order chi connectivity index (χ1) is 16.7. The Labute approximate surface area is 202 Å². The summed E-state index contributed by atoms with van der Waals surface area (Å²) in [5.41, 5.74) is 3.61. The Balaban J connectivity index is 1.40. The zero-order valence-corrected chi connectivity index (χ0v) is 19.6. The fraction of sp³-hybridized carbons (Fsp3) is 0.296. The number of aryl methyl sites for hydroxylation is 1. The van der Waals surface area contributed by atoms with Gasteiger partial charge in [0.05, 0.1) is 17.1 Å². The van der Waals surface area contributed by atoms with Crippen LogP contribution in [0, 0.1) is 5.82 Å². The fourth-order valence-electron chi connectivity index (χ4n) is 4.69. The van der Waals surface area contributed by atoms with Crippen LogP contribution in [0.2, 0.25) is 0 Å². The molecule has 3 heterocycles. The molecule has 34 heavy (non-hydrogen) atoms. The molecule has 2 aliphatic rings. The summed E-state index contributed by atoms with van der Waals surface area (Å²) in [6, 6.07) is 19.8. The van der Waals surface area contributed by atoms with Gasteiger partial charge in [0.1, 0.15) is 11.6 Å². The van der Waals surface area contributed by atoms with E-state index in [2.05, 4.69) is 39.1 Å². The van der Waals surface area contributed by atoms with Gasteiger partial charge < -0.3 is 9.88 Å². The maximum atomic E-state index is 13.7. The molecule has 0 amide bonds.